The van der Waals surface area contributed by atoms with Crippen LogP contribution in [0.25, 0.3) is 10.9 Å². The molecule has 3 aromatic rings. The van der Waals surface area contributed by atoms with E-state index in [-0.39, 0.29) is 10.5 Å². The first-order valence-electron chi connectivity index (χ1n) is 7.08. The number of H-pyrrole nitrogens is 1. The van der Waals surface area contributed by atoms with Crippen molar-refractivity contribution in [2.75, 3.05) is 10.6 Å². The van der Waals surface area contributed by atoms with Crippen molar-refractivity contribution in [1.29, 1.82) is 0 Å². The molecule has 0 spiro atoms. The second-order valence-corrected chi connectivity index (χ2v) is 6.70. The molecule has 0 aliphatic heterocycles. The molecule has 1 atom stereocenters. The van der Waals surface area contributed by atoms with Gasteiger partial charge in [-0.15, -0.1) is 0 Å². The summed E-state index contributed by atoms with van der Waals surface area (Å²) in [5.74, 6) is -0.601. The van der Waals surface area contributed by atoms with Gasteiger partial charge in [-0.05, 0) is 25.1 Å². The molecule has 1 aromatic carbocycles. The second-order valence-electron chi connectivity index (χ2n) is 5.23. The molecule has 0 aliphatic rings. The molecule has 0 radical (unpaired) electrons. The van der Waals surface area contributed by atoms with Crippen molar-refractivity contribution in [1.82, 2.24) is 9.97 Å². The molecule has 0 unspecified atom stereocenters. The summed E-state index contributed by atoms with van der Waals surface area (Å²) in [7, 11) is 0. The highest BCUT2D eigenvalue weighted by molar-refractivity contribution is 7.19. The molecule has 2 heterocycles. The topological polar surface area (TPSA) is 107 Å². The Morgan fingerprint density at radius 1 is 1.44 bits per heavy atom. The number of nitrogens with zero attached hydrogens (tertiary/aromatic N) is 1. The van der Waals surface area contributed by atoms with Crippen molar-refractivity contribution in [3.63, 3.8) is 0 Å². The quantitative estimate of drug-likeness (QED) is 0.544. The van der Waals surface area contributed by atoms with Crippen LogP contribution in [0.15, 0.2) is 29.2 Å². The summed E-state index contributed by atoms with van der Waals surface area (Å²) in [6.07, 6.45) is 0.182. The van der Waals surface area contributed by atoms with Crippen LogP contribution >= 0.6 is 22.9 Å². The number of carboxylic acid groups (broad SMARTS) is 1. The summed E-state index contributed by atoms with van der Waals surface area (Å²) < 4.78 is 13.9. The number of pyridine rings is 1. The summed E-state index contributed by atoms with van der Waals surface area (Å²) >= 11 is 6.95. The number of rotatable bonds is 4. The Kier molecular flexibility index (Phi) is 4.60. The number of aromatic nitrogens is 2. The lowest BCUT2D eigenvalue weighted by Gasteiger charge is -2.13. The fourth-order valence-corrected chi connectivity index (χ4v) is 3.35. The standard InChI is InChI=1S/C15H12ClFN4O3S/c1-6(19-14-18-5-11(25-14)20-15(23)24)9-3-7-2-8(16)4-10(17)12(7)21-13(9)22/h2-6,20H,1H3,(H,18,19)(H,21,22)(H,23,24)/t6-/m0/s1. The fourth-order valence-electron chi connectivity index (χ4n) is 2.35. The first-order chi connectivity index (χ1) is 11.8. The Bertz CT molecular complexity index is 1020. The smallest absolute Gasteiger partial charge is 0.409 e. The highest BCUT2D eigenvalue weighted by Crippen LogP contribution is 2.27. The number of fused-ring (bicyclic) bond motifs is 1. The van der Waals surface area contributed by atoms with Gasteiger partial charge in [0.1, 0.15) is 10.8 Å². The molecular formula is C15H12ClFN4O3S. The number of hydrogen-bond acceptors (Lipinski definition) is 5. The van der Waals surface area contributed by atoms with E-state index in [0.717, 1.165) is 17.4 Å². The summed E-state index contributed by atoms with van der Waals surface area (Å²) in [6, 6.07) is 3.81. The van der Waals surface area contributed by atoms with Gasteiger partial charge in [0.25, 0.3) is 5.56 Å². The van der Waals surface area contributed by atoms with E-state index in [1.54, 1.807) is 19.1 Å². The minimum atomic E-state index is -1.19. The van der Waals surface area contributed by atoms with E-state index in [0.29, 0.717) is 21.1 Å². The molecule has 0 fully saturated rings. The van der Waals surface area contributed by atoms with Crippen LogP contribution in [0.5, 0.6) is 0 Å². The predicted octanol–water partition coefficient (Wildman–Crippen LogP) is 4.04. The highest BCUT2D eigenvalue weighted by Gasteiger charge is 2.15. The SMILES string of the molecule is C[C@H](Nc1ncc(NC(=O)O)s1)c1cc2cc(Cl)cc(F)c2[nH]c1=O. The normalized spacial score (nSPS) is 12.1. The number of amides is 1. The fraction of sp³-hybridized carbons (Fsp3) is 0.133. The summed E-state index contributed by atoms with van der Waals surface area (Å²) in [5.41, 5.74) is 0.0267. The van der Waals surface area contributed by atoms with E-state index in [1.807, 2.05) is 0 Å². The molecule has 0 saturated heterocycles. The van der Waals surface area contributed by atoms with Gasteiger partial charge in [0.15, 0.2) is 5.13 Å². The Morgan fingerprint density at radius 2 is 2.20 bits per heavy atom. The van der Waals surface area contributed by atoms with Crippen LogP contribution in [0.3, 0.4) is 0 Å². The van der Waals surface area contributed by atoms with Crippen LogP contribution in [0, 0.1) is 5.82 Å². The van der Waals surface area contributed by atoms with E-state index in [1.165, 1.54) is 6.20 Å². The maximum Gasteiger partial charge on any atom is 0.409 e. The van der Waals surface area contributed by atoms with E-state index < -0.39 is 23.5 Å². The van der Waals surface area contributed by atoms with Crippen molar-refractivity contribution >= 4 is 50.1 Å². The number of carbonyl (C=O) groups is 1. The van der Waals surface area contributed by atoms with Gasteiger partial charge in [0.05, 0.1) is 17.8 Å². The number of hydrogen-bond donors (Lipinski definition) is 4. The van der Waals surface area contributed by atoms with E-state index in [9.17, 15) is 14.0 Å². The molecule has 0 aliphatic carbocycles. The molecule has 2 aromatic heterocycles. The summed E-state index contributed by atoms with van der Waals surface area (Å²) in [6.45, 7) is 1.74. The molecule has 130 valence electrons. The van der Waals surface area contributed by atoms with Crippen LogP contribution in [0.1, 0.15) is 18.5 Å². The summed E-state index contributed by atoms with van der Waals surface area (Å²) in [4.78, 5) is 29.4. The number of aromatic amines is 1. The van der Waals surface area contributed by atoms with E-state index in [2.05, 4.69) is 20.6 Å². The number of thiazole rings is 1. The number of halogens is 2. The van der Waals surface area contributed by atoms with Gasteiger partial charge in [-0.3, -0.25) is 10.1 Å². The second kappa shape index (κ2) is 6.69. The average Bonchev–Trinajstić information content (AvgIpc) is 2.93. The first kappa shape index (κ1) is 17.2. The van der Waals surface area contributed by atoms with E-state index in [4.69, 9.17) is 16.7 Å². The number of anilines is 2. The molecule has 1 amide bonds. The third-order valence-corrected chi connectivity index (χ3v) is 4.50. The third kappa shape index (κ3) is 3.72. The van der Waals surface area contributed by atoms with Gasteiger partial charge in [0, 0.05) is 16.0 Å². The Morgan fingerprint density at radius 3 is 2.92 bits per heavy atom. The monoisotopic (exact) mass is 382 g/mol. The minimum absolute atomic E-state index is 0.0903. The number of benzene rings is 1. The molecule has 0 bridgehead atoms. The van der Waals surface area contributed by atoms with Crippen molar-refractivity contribution in [3.8, 4) is 0 Å². The lowest BCUT2D eigenvalue weighted by atomic mass is 10.1. The molecule has 10 heteroatoms. The Labute approximate surface area is 149 Å². The average molecular weight is 383 g/mol. The first-order valence-corrected chi connectivity index (χ1v) is 8.27. The van der Waals surface area contributed by atoms with E-state index >= 15 is 0 Å². The third-order valence-electron chi connectivity index (χ3n) is 3.44. The molecule has 4 N–H and O–H groups in total. The number of nitrogens with one attached hydrogen (secondary N) is 3. The predicted molar refractivity (Wildman–Crippen MR) is 95.3 cm³/mol. The van der Waals surface area contributed by atoms with Crippen LogP contribution in [-0.4, -0.2) is 21.2 Å². The van der Waals surface area contributed by atoms with Gasteiger partial charge in [-0.2, -0.15) is 0 Å². The van der Waals surface area contributed by atoms with Gasteiger partial charge in [-0.1, -0.05) is 22.9 Å². The molecule has 3 rings (SSSR count). The van der Waals surface area contributed by atoms with Crippen molar-refractivity contribution in [2.45, 2.75) is 13.0 Å². The molecule has 0 saturated carbocycles. The van der Waals surface area contributed by atoms with Gasteiger partial charge in [0.2, 0.25) is 0 Å². The Balaban J connectivity index is 1.90. The van der Waals surface area contributed by atoms with Gasteiger partial charge in [-0.25, -0.2) is 14.2 Å². The minimum Gasteiger partial charge on any atom is -0.465 e. The van der Waals surface area contributed by atoms with Gasteiger partial charge < -0.3 is 15.4 Å². The highest BCUT2D eigenvalue weighted by atomic mass is 35.5. The van der Waals surface area contributed by atoms with Crippen LogP contribution in [-0.2, 0) is 0 Å². The van der Waals surface area contributed by atoms with Gasteiger partial charge >= 0.3 is 6.09 Å². The Hall–Kier alpha value is -2.65. The largest absolute Gasteiger partial charge is 0.465 e. The lowest BCUT2D eigenvalue weighted by molar-refractivity contribution is 0.210. The zero-order valence-corrected chi connectivity index (χ0v) is 14.3. The van der Waals surface area contributed by atoms with Crippen LogP contribution < -0.4 is 16.2 Å². The summed E-state index contributed by atoms with van der Waals surface area (Å²) in [5, 5.41) is 15.4. The zero-order valence-electron chi connectivity index (χ0n) is 12.8. The van der Waals surface area contributed by atoms with Crippen LogP contribution in [0.2, 0.25) is 5.02 Å². The van der Waals surface area contributed by atoms with Crippen molar-refractivity contribution in [3.05, 3.63) is 51.2 Å². The van der Waals surface area contributed by atoms with Crippen molar-refractivity contribution < 1.29 is 14.3 Å². The van der Waals surface area contributed by atoms with Crippen molar-refractivity contribution in [2.24, 2.45) is 0 Å². The molecule has 25 heavy (non-hydrogen) atoms. The maximum atomic E-state index is 13.9. The molecule has 7 nitrogen and oxygen atoms in total. The van der Waals surface area contributed by atoms with Crippen LogP contribution in [0.4, 0.5) is 19.3 Å². The maximum absolute atomic E-state index is 13.9. The molecular weight excluding hydrogens is 371 g/mol. The zero-order chi connectivity index (χ0) is 18.1. The lowest BCUT2D eigenvalue weighted by Crippen LogP contribution is -2.19.